The minimum absolute atomic E-state index is 0.443. The Bertz CT molecular complexity index is 554. The van der Waals surface area contributed by atoms with Gasteiger partial charge in [-0.25, -0.2) is 0 Å². The summed E-state index contributed by atoms with van der Waals surface area (Å²) in [5, 5.41) is 19.8. The molecule has 1 aromatic carbocycles. The molecule has 2 nitrogen and oxygen atoms in total. The molecule has 0 saturated carbocycles. The van der Waals surface area contributed by atoms with Crippen LogP contribution in [0.25, 0.3) is 12.2 Å². The van der Waals surface area contributed by atoms with Gasteiger partial charge in [0.25, 0.3) is 0 Å². The van der Waals surface area contributed by atoms with Crippen LogP contribution in [0.2, 0.25) is 0 Å². The number of benzene rings is 1. The van der Waals surface area contributed by atoms with Gasteiger partial charge in [-0.3, -0.25) is 0 Å². The molecule has 0 fully saturated rings. The fourth-order valence-electron chi connectivity index (χ4n) is 1.46. The van der Waals surface area contributed by atoms with Gasteiger partial charge in [-0.2, -0.15) is 10.5 Å². The minimum atomic E-state index is 0.443. The molecule has 0 unspecified atom stereocenters. The van der Waals surface area contributed by atoms with Gasteiger partial charge in [-0.1, -0.05) is 19.1 Å². The summed E-state index contributed by atoms with van der Waals surface area (Å²) in [4.78, 5) is 0. The van der Waals surface area contributed by atoms with Crippen molar-refractivity contribution < 1.29 is 0 Å². The maximum absolute atomic E-state index is 8.88. The van der Waals surface area contributed by atoms with Crippen molar-refractivity contribution in [1.29, 1.82) is 10.5 Å². The molecular weight excluding hydrogens is 184 g/mol. The van der Waals surface area contributed by atoms with Crippen molar-refractivity contribution in [3.63, 3.8) is 0 Å². The SMILES string of the molecule is C/C=c1/cc(C#N)c(C#N)c/c1=C/CC. The lowest BCUT2D eigenvalue weighted by Crippen LogP contribution is -2.25. The molecule has 1 rings (SSSR count). The van der Waals surface area contributed by atoms with E-state index in [2.05, 4.69) is 6.08 Å². The first-order chi connectivity index (χ1) is 7.26. The van der Waals surface area contributed by atoms with Crippen LogP contribution in [0.1, 0.15) is 31.4 Å². The van der Waals surface area contributed by atoms with Crippen molar-refractivity contribution in [3.05, 3.63) is 33.7 Å². The van der Waals surface area contributed by atoms with Crippen molar-refractivity contribution in [2.24, 2.45) is 0 Å². The molecule has 0 aromatic heterocycles. The second-order valence-electron chi connectivity index (χ2n) is 3.15. The highest BCUT2D eigenvalue weighted by Crippen LogP contribution is 1.99. The van der Waals surface area contributed by atoms with E-state index < -0.39 is 0 Å². The molecule has 0 aliphatic heterocycles. The van der Waals surface area contributed by atoms with Crippen LogP contribution in [0, 0.1) is 22.7 Å². The standard InChI is InChI=1S/C13H12N2/c1-3-5-11-7-13(9-15)12(8-14)6-10(11)4-2/h4-7H,3H2,1-2H3/b10-4-,11-5-. The van der Waals surface area contributed by atoms with E-state index >= 15 is 0 Å². The topological polar surface area (TPSA) is 47.6 Å². The monoisotopic (exact) mass is 196 g/mol. The maximum Gasteiger partial charge on any atom is 0.101 e. The fraction of sp³-hybridized carbons (Fsp3) is 0.231. The smallest absolute Gasteiger partial charge is 0.101 e. The van der Waals surface area contributed by atoms with Crippen molar-refractivity contribution in [1.82, 2.24) is 0 Å². The lowest BCUT2D eigenvalue weighted by molar-refractivity contribution is 1.27. The van der Waals surface area contributed by atoms with E-state index in [1.54, 1.807) is 12.1 Å². The summed E-state index contributed by atoms with van der Waals surface area (Å²) < 4.78 is 0. The molecule has 0 radical (unpaired) electrons. The average molecular weight is 196 g/mol. The van der Waals surface area contributed by atoms with Gasteiger partial charge < -0.3 is 0 Å². The van der Waals surface area contributed by atoms with Crippen molar-refractivity contribution >= 4 is 12.2 Å². The van der Waals surface area contributed by atoms with Crippen LogP contribution in [-0.2, 0) is 0 Å². The van der Waals surface area contributed by atoms with E-state index in [0.29, 0.717) is 11.1 Å². The van der Waals surface area contributed by atoms with E-state index in [4.69, 9.17) is 10.5 Å². The summed E-state index contributed by atoms with van der Waals surface area (Å²) in [6.07, 6.45) is 4.92. The third kappa shape index (κ3) is 2.24. The third-order valence-electron chi connectivity index (χ3n) is 2.20. The highest BCUT2D eigenvalue weighted by Gasteiger charge is 2.00. The zero-order valence-corrected chi connectivity index (χ0v) is 8.91. The maximum atomic E-state index is 8.88. The number of hydrogen-bond donors (Lipinski definition) is 0. The fourth-order valence-corrected chi connectivity index (χ4v) is 1.46. The average Bonchev–Trinajstić information content (AvgIpc) is 2.28. The van der Waals surface area contributed by atoms with E-state index in [9.17, 15) is 0 Å². The van der Waals surface area contributed by atoms with Gasteiger partial charge in [0.15, 0.2) is 0 Å². The molecule has 0 heterocycles. The molecule has 1 aromatic rings. The van der Waals surface area contributed by atoms with Crippen molar-refractivity contribution in [3.8, 4) is 12.1 Å². The number of nitrogens with zero attached hydrogens (tertiary/aromatic N) is 2. The highest BCUT2D eigenvalue weighted by molar-refractivity contribution is 5.48. The van der Waals surface area contributed by atoms with Crippen LogP contribution in [0.4, 0.5) is 0 Å². The summed E-state index contributed by atoms with van der Waals surface area (Å²) in [5.74, 6) is 0. The van der Waals surface area contributed by atoms with Gasteiger partial charge in [-0.15, -0.1) is 0 Å². The highest BCUT2D eigenvalue weighted by atomic mass is 14.3. The van der Waals surface area contributed by atoms with Crippen molar-refractivity contribution in [2.45, 2.75) is 20.3 Å². The van der Waals surface area contributed by atoms with E-state index in [0.717, 1.165) is 16.9 Å². The van der Waals surface area contributed by atoms with E-state index in [1.165, 1.54) is 0 Å². The Morgan fingerprint density at radius 1 is 1.13 bits per heavy atom. The van der Waals surface area contributed by atoms with Gasteiger partial charge in [0.05, 0.1) is 11.1 Å². The lowest BCUT2D eigenvalue weighted by Gasteiger charge is -1.95. The lowest BCUT2D eigenvalue weighted by atomic mass is 10.1. The van der Waals surface area contributed by atoms with E-state index in [-0.39, 0.29) is 0 Å². The quantitative estimate of drug-likeness (QED) is 0.682. The molecule has 0 atom stereocenters. The Morgan fingerprint density at radius 2 is 1.67 bits per heavy atom. The van der Waals surface area contributed by atoms with Gasteiger partial charge in [-0.05, 0) is 35.9 Å². The van der Waals surface area contributed by atoms with Gasteiger partial charge >= 0.3 is 0 Å². The van der Waals surface area contributed by atoms with Crippen LogP contribution < -0.4 is 10.4 Å². The molecule has 0 aliphatic rings. The predicted molar refractivity (Wildman–Crippen MR) is 60.0 cm³/mol. The Labute approximate surface area is 89.4 Å². The van der Waals surface area contributed by atoms with Gasteiger partial charge in [0.2, 0.25) is 0 Å². The number of nitriles is 2. The van der Waals surface area contributed by atoms with Crippen LogP contribution in [0.15, 0.2) is 12.1 Å². The largest absolute Gasteiger partial charge is 0.192 e. The zero-order chi connectivity index (χ0) is 11.3. The molecule has 0 saturated heterocycles. The predicted octanol–water partition coefficient (Wildman–Crippen LogP) is 1.42. The molecule has 0 spiro atoms. The van der Waals surface area contributed by atoms with E-state index in [1.807, 2.05) is 32.1 Å². The Morgan fingerprint density at radius 3 is 2.07 bits per heavy atom. The zero-order valence-electron chi connectivity index (χ0n) is 8.91. The summed E-state index contributed by atoms with van der Waals surface area (Å²) >= 11 is 0. The number of rotatable bonds is 1. The second kappa shape index (κ2) is 4.98. The molecule has 0 N–H and O–H groups in total. The molecule has 15 heavy (non-hydrogen) atoms. The van der Waals surface area contributed by atoms with Crippen LogP contribution in [-0.4, -0.2) is 0 Å². The molecular formula is C13H12N2. The third-order valence-corrected chi connectivity index (χ3v) is 2.20. The first kappa shape index (κ1) is 11.0. The van der Waals surface area contributed by atoms with Crippen LogP contribution >= 0.6 is 0 Å². The van der Waals surface area contributed by atoms with Gasteiger partial charge in [0, 0.05) is 0 Å². The van der Waals surface area contributed by atoms with Crippen molar-refractivity contribution in [2.75, 3.05) is 0 Å². The first-order valence-corrected chi connectivity index (χ1v) is 4.87. The summed E-state index contributed by atoms with van der Waals surface area (Å²) in [6.45, 7) is 3.97. The summed E-state index contributed by atoms with van der Waals surface area (Å²) in [7, 11) is 0. The first-order valence-electron chi connectivity index (χ1n) is 4.87. The Balaban J connectivity index is 3.68. The van der Waals surface area contributed by atoms with Crippen LogP contribution in [0.3, 0.4) is 0 Å². The second-order valence-corrected chi connectivity index (χ2v) is 3.15. The summed E-state index contributed by atoms with van der Waals surface area (Å²) in [6, 6.07) is 7.61. The van der Waals surface area contributed by atoms with Gasteiger partial charge in [0.1, 0.15) is 12.1 Å². The summed E-state index contributed by atoms with van der Waals surface area (Å²) in [5.41, 5.74) is 0.890. The molecule has 0 bridgehead atoms. The molecule has 74 valence electrons. The Hall–Kier alpha value is -2.06. The molecule has 2 heteroatoms. The Kier molecular flexibility index (Phi) is 3.66. The normalized spacial score (nSPS) is 12.3. The molecule has 0 aliphatic carbocycles. The number of hydrogen-bond acceptors (Lipinski definition) is 2. The molecule has 0 amide bonds. The minimum Gasteiger partial charge on any atom is -0.192 e. The van der Waals surface area contributed by atoms with Crippen LogP contribution in [0.5, 0.6) is 0 Å².